The van der Waals surface area contributed by atoms with Crippen molar-refractivity contribution in [3.63, 3.8) is 0 Å². The lowest BCUT2D eigenvalue weighted by Crippen LogP contribution is -2.21. The van der Waals surface area contributed by atoms with Crippen LogP contribution in [0.25, 0.3) is 0 Å². The molecule has 1 atom stereocenters. The van der Waals surface area contributed by atoms with Gasteiger partial charge in [-0.25, -0.2) is 9.37 Å². The number of rotatable bonds is 4. The van der Waals surface area contributed by atoms with Crippen molar-refractivity contribution in [2.45, 2.75) is 13.0 Å². The van der Waals surface area contributed by atoms with Crippen LogP contribution >= 0.6 is 11.3 Å². The van der Waals surface area contributed by atoms with Crippen LogP contribution in [0, 0.1) is 5.82 Å². The lowest BCUT2D eigenvalue weighted by Gasteiger charge is -2.15. The molecule has 2 aromatic rings. The summed E-state index contributed by atoms with van der Waals surface area (Å²) in [4.78, 5) is 4.30. The third-order valence-corrected chi connectivity index (χ3v) is 3.15. The minimum atomic E-state index is -0.210. The predicted octanol–water partition coefficient (Wildman–Crippen LogP) is 2.98. The Morgan fingerprint density at radius 3 is 2.69 bits per heavy atom. The average Bonchev–Trinajstić information content (AvgIpc) is 2.81. The van der Waals surface area contributed by atoms with Gasteiger partial charge in [0.2, 0.25) is 0 Å². The Hall–Kier alpha value is -1.26. The molecule has 0 amide bonds. The summed E-state index contributed by atoms with van der Waals surface area (Å²) in [5.74, 6) is -0.210. The summed E-state index contributed by atoms with van der Waals surface area (Å²) in [6, 6.07) is 6.61. The number of benzene rings is 1. The first-order valence-corrected chi connectivity index (χ1v) is 6.07. The molecule has 84 valence electrons. The molecule has 0 saturated carbocycles. The lowest BCUT2D eigenvalue weighted by molar-refractivity contribution is 0.612. The van der Waals surface area contributed by atoms with Crippen molar-refractivity contribution >= 4 is 11.3 Å². The molecule has 0 radical (unpaired) electrons. The van der Waals surface area contributed by atoms with Crippen LogP contribution < -0.4 is 5.32 Å². The summed E-state index contributed by atoms with van der Waals surface area (Å²) < 4.78 is 12.8. The van der Waals surface area contributed by atoms with Crippen LogP contribution in [0.5, 0.6) is 0 Å². The van der Waals surface area contributed by atoms with Crippen molar-refractivity contribution in [1.82, 2.24) is 10.3 Å². The Morgan fingerprint density at radius 2 is 2.12 bits per heavy atom. The van der Waals surface area contributed by atoms with Crippen LogP contribution in [-0.2, 0) is 0 Å². The van der Waals surface area contributed by atoms with Crippen molar-refractivity contribution in [2.75, 3.05) is 6.54 Å². The van der Waals surface area contributed by atoms with Crippen LogP contribution in [0.15, 0.2) is 35.8 Å². The normalized spacial score (nSPS) is 12.6. The van der Waals surface area contributed by atoms with Gasteiger partial charge >= 0.3 is 0 Å². The zero-order valence-electron chi connectivity index (χ0n) is 8.98. The van der Waals surface area contributed by atoms with E-state index in [2.05, 4.69) is 10.3 Å². The number of nitrogens with one attached hydrogen (secondary N) is 1. The second kappa shape index (κ2) is 5.18. The highest BCUT2D eigenvalue weighted by Crippen LogP contribution is 2.23. The van der Waals surface area contributed by atoms with Crippen LogP contribution in [0.4, 0.5) is 4.39 Å². The summed E-state index contributed by atoms with van der Waals surface area (Å²) in [7, 11) is 0. The first kappa shape index (κ1) is 11.2. The first-order chi connectivity index (χ1) is 7.81. The fourth-order valence-electron chi connectivity index (χ4n) is 1.58. The molecule has 0 aliphatic heterocycles. The highest BCUT2D eigenvalue weighted by Gasteiger charge is 2.14. The highest BCUT2D eigenvalue weighted by molar-refractivity contribution is 7.09. The van der Waals surface area contributed by atoms with Crippen molar-refractivity contribution in [2.24, 2.45) is 0 Å². The van der Waals surface area contributed by atoms with Gasteiger partial charge in [-0.05, 0) is 24.2 Å². The van der Waals surface area contributed by atoms with E-state index in [9.17, 15) is 4.39 Å². The Bertz CT molecular complexity index is 425. The van der Waals surface area contributed by atoms with E-state index in [0.29, 0.717) is 0 Å². The van der Waals surface area contributed by atoms with Gasteiger partial charge in [-0.2, -0.15) is 0 Å². The summed E-state index contributed by atoms with van der Waals surface area (Å²) >= 11 is 1.60. The SMILES string of the molecule is CCNC(c1ccc(F)cc1)c1nccs1. The molecular formula is C12H13FN2S. The Labute approximate surface area is 98.2 Å². The molecule has 1 heterocycles. The number of hydrogen-bond donors (Lipinski definition) is 1. The predicted molar refractivity (Wildman–Crippen MR) is 64.0 cm³/mol. The molecule has 2 nitrogen and oxygen atoms in total. The second-order valence-corrected chi connectivity index (χ2v) is 4.34. The minimum absolute atomic E-state index is 0.0607. The molecule has 0 bridgehead atoms. The smallest absolute Gasteiger partial charge is 0.123 e. The van der Waals surface area contributed by atoms with Gasteiger partial charge in [-0.1, -0.05) is 19.1 Å². The molecule has 1 aromatic heterocycles. The Kier molecular flexibility index (Phi) is 3.64. The van der Waals surface area contributed by atoms with E-state index >= 15 is 0 Å². The molecule has 2 rings (SSSR count). The number of aromatic nitrogens is 1. The lowest BCUT2D eigenvalue weighted by atomic mass is 10.1. The molecule has 0 aliphatic rings. The van der Waals surface area contributed by atoms with Gasteiger partial charge in [0.1, 0.15) is 10.8 Å². The minimum Gasteiger partial charge on any atom is -0.305 e. The fourth-order valence-corrected chi connectivity index (χ4v) is 2.32. The quantitative estimate of drug-likeness (QED) is 0.882. The van der Waals surface area contributed by atoms with E-state index in [0.717, 1.165) is 17.1 Å². The summed E-state index contributed by atoms with van der Waals surface area (Å²) in [5.41, 5.74) is 1.04. The molecule has 0 fully saturated rings. The Balaban J connectivity index is 2.29. The monoisotopic (exact) mass is 236 g/mol. The first-order valence-electron chi connectivity index (χ1n) is 5.19. The van der Waals surface area contributed by atoms with E-state index < -0.39 is 0 Å². The topological polar surface area (TPSA) is 24.9 Å². The van der Waals surface area contributed by atoms with Gasteiger partial charge in [0.25, 0.3) is 0 Å². The summed E-state index contributed by atoms with van der Waals surface area (Å²) in [5, 5.41) is 6.30. The number of halogens is 1. The molecule has 1 aromatic carbocycles. The molecule has 4 heteroatoms. The van der Waals surface area contributed by atoms with Gasteiger partial charge in [-0.3, -0.25) is 0 Å². The summed E-state index contributed by atoms with van der Waals surface area (Å²) in [6.07, 6.45) is 1.79. The highest BCUT2D eigenvalue weighted by atomic mass is 32.1. The van der Waals surface area contributed by atoms with Crippen molar-refractivity contribution in [3.05, 3.63) is 52.2 Å². The van der Waals surface area contributed by atoms with Crippen LogP contribution in [0.1, 0.15) is 23.5 Å². The Morgan fingerprint density at radius 1 is 1.38 bits per heavy atom. The maximum atomic E-state index is 12.8. The van der Waals surface area contributed by atoms with Gasteiger partial charge in [-0.15, -0.1) is 11.3 Å². The fraction of sp³-hybridized carbons (Fsp3) is 0.250. The van der Waals surface area contributed by atoms with Gasteiger partial charge in [0.15, 0.2) is 0 Å². The maximum absolute atomic E-state index is 12.8. The van der Waals surface area contributed by atoms with Crippen molar-refractivity contribution in [3.8, 4) is 0 Å². The van der Waals surface area contributed by atoms with E-state index in [1.807, 2.05) is 12.3 Å². The average molecular weight is 236 g/mol. The largest absolute Gasteiger partial charge is 0.305 e. The van der Waals surface area contributed by atoms with Gasteiger partial charge in [0, 0.05) is 11.6 Å². The van der Waals surface area contributed by atoms with E-state index in [1.165, 1.54) is 12.1 Å². The number of hydrogen-bond acceptors (Lipinski definition) is 3. The molecule has 16 heavy (non-hydrogen) atoms. The van der Waals surface area contributed by atoms with Crippen LogP contribution in [0.3, 0.4) is 0 Å². The second-order valence-electron chi connectivity index (χ2n) is 3.41. The molecule has 0 spiro atoms. The zero-order chi connectivity index (χ0) is 11.4. The van der Waals surface area contributed by atoms with E-state index in [4.69, 9.17) is 0 Å². The molecular weight excluding hydrogens is 223 g/mol. The standard InChI is InChI=1S/C12H13FN2S/c1-2-14-11(12-15-7-8-16-12)9-3-5-10(13)6-4-9/h3-8,11,14H,2H2,1H3. The van der Waals surface area contributed by atoms with Gasteiger partial charge in [0.05, 0.1) is 6.04 Å². The van der Waals surface area contributed by atoms with Crippen molar-refractivity contribution < 1.29 is 4.39 Å². The number of nitrogens with zero attached hydrogens (tertiary/aromatic N) is 1. The van der Waals surface area contributed by atoms with E-state index in [-0.39, 0.29) is 11.9 Å². The molecule has 1 N–H and O–H groups in total. The van der Waals surface area contributed by atoms with Crippen LogP contribution in [-0.4, -0.2) is 11.5 Å². The van der Waals surface area contributed by atoms with E-state index in [1.54, 1.807) is 29.7 Å². The zero-order valence-corrected chi connectivity index (χ0v) is 9.80. The third kappa shape index (κ3) is 2.46. The van der Waals surface area contributed by atoms with Gasteiger partial charge < -0.3 is 5.32 Å². The molecule has 0 aliphatic carbocycles. The number of thiazole rings is 1. The summed E-state index contributed by atoms with van der Waals surface area (Å²) in [6.45, 7) is 2.89. The van der Waals surface area contributed by atoms with Crippen molar-refractivity contribution in [1.29, 1.82) is 0 Å². The van der Waals surface area contributed by atoms with Crippen LogP contribution in [0.2, 0.25) is 0 Å². The molecule has 1 unspecified atom stereocenters. The molecule has 0 saturated heterocycles. The maximum Gasteiger partial charge on any atom is 0.123 e. The third-order valence-electron chi connectivity index (χ3n) is 2.31.